The normalized spacial score (nSPS) is 24.9. The fourth-order valence-electron chi connectivity index (χ4n) is 2.48. The second-order valence-corrected chi connectivity index (χ2v) is 6.28. The molecule has 2 aliphatic rings. The van der Waals surface area contributed by atoms with E-state index in [9.17, 15) is 18.0 Å². The molecule has 2 bridgehead atoms. The molecule has 20 heavy (non-hydrogen) atoms. The van der Waals surface area contributed by atoms with Gasteiger partial charge in [0.05, 0.1) is 6.54 Å². The predicted molar refractivity (Wildman–Crippen MR) is 65.6 cm³/mol. The number of nitrogens with two attached hydrogens (primary N) is 1. The summed E-state index contributed by atoms with van der Waals surface area (Å²) in [6.45, 7) is 0.0612. The number of urea groups is 1. The Morgan fingerprint density at radius 1 is 1.55 bits per heavy atom. The first-order valence-corrected chi connectivity index (χ1v) is 7.67. The number of amides is 3. The average Bonchev–Trinajstić information content (AvgIpc) is 2.88. The average molecular weight is 319 g/mol. The number of fused-ring (bicyclic) bond motifs is 4. The van der Waals surface area contributed by atoms with E-state index < -0.39 is 34.4 Å². The quantitative estimate of drug-likeness (QED) is 0.742. The second kappa shape index (κ2) is 4.15. The molecule has 1 aromatic heterocycles. The summed E-state index contributed by atoms with van der Waals surface area (Å²) in [6, 6.07) is -0.832. The standard InChI is InChI=1S/C9H9N3O6S2/c10-8(13)6-7-4(1-2-19-7)5-3-11(6)9(14)12(5)18-20(15,16)17/h1-2,5-6H,3H2,(H2,10,13)(H,15,16,17). The Morgan fingerprint density at radius 2 is 2.25 bits per heavy atom. The summed E-state index contributed by atoms with van der Waals surface area (Å²) in [7, 11) is -4.84. The zero-order chi connectivity index (χ0) is 14.7. The van der Waals surface area contributed by atoms with E-state index in [0.29, 0.717) is 15.5 Å². The fraction of sp³-hybridized carbons (Fsp3) is 0.333. The van der Waals surface area contributed by atoms with Crippen molar-refractivity contribution in [1.82, 2.24) is 9.96 Å². The van der Waals surface area contributed by atoms with Gasteiger partial charge in [-0.2, -0.15) is 13.5 Å². The van der Waals surface area contributed by atoms with E-state index in [2.05, 4.69) is 4.28 Å². The van der Waals surface area contributed by atoms with Crippen molar-refractivity contribution >= 4 is 33.7 Å². The van der Waals surface area contributed by atoms with Crippen LogP contribution in [0.15, 0.2) is 11.4 Å². The molecule has 1 aromatic rings. The van der Waals surface area contributed by atoms with Crippen molar-refractivity contribution in [3.63, 3.8) is 0 Å². The van der Waals surface area contributed by atoms with Crippen LogP contribution < -0.4 is 5.73 Å². The number of hydroxylamine groups is 2. The highest BCUT2D eigenvalue weighted by Crippen LogP contribution is 2.46. The molecule has 3 heterocycles. The van der Waals surface area contributed by atoms with Crippen molar-refractivity contribution in [3.8, 4) is 0 Å². The Balaban J connectivity index is 2.07. The smallest absolute Gasteiger partial charge is 0.368 e. The molecule has 0 aromatic carbocycles. The van der Waals surface area contributed by atoms with Crippen LogP contribution in [0.2, 0.25) is 0 Å². The van der Waals surface area contributed by atoms with E-state index in [0.717, 1.165) is 4.90 Å². The van der Waals surface area contributed by atoms with Crippen LogP contribution in [0.1, 0.15) is 22.5 Å². The maximum atomic E-state index is 12.1. The van der Waals surface area contributed by atoms with Gasteiger partial charge in [-0.25, -0.2) is 4.79 Å². The summed E-state index contributed by atoms with van der Waals surface area (Å²) >= 11 is 1.24. The number of carbonyl (C=O) groups excluding carboxylic acids is 2. The molecule has 0 radical (unpaired) electrons. The van der Waals surface area contributed by atoms with Crippen molar-refractivity contribution < 1.29 is 26.8 Å². The molecule has 0 spiro atoms. The lowest BCUT2D eigenvalue weighted by atomic mass is 9.99. The van der Waals surface area contributed by atoms with E-state index in [-0.39, 0.29) is 6.54 Å². The number of carbonyl (C=O) groups is 2. The van der Waals surface area contributed by atoms with Crippen molar-refractivity contribution in [2.75, 3.05) is 6.54 Å². The van der Waals surface area contributed by atoms with Gasteiger partial charge in [-0.15, -0.1) is 15.6 Å². The van der Waals surface area contributed by atoms with Gasteiger partial charge in [-0.3, -0.25) is 9.35 Å². The van der Waals surface area contributed by atoms with E-state index >= 15 is 0 Å². The highest BCUT2D eigenvalue weighted by Gasteiger charge is 2.52. The van der Waals surface area contributed by atoms with E-state index in [1.165, 1.54) is 11.3 Å². The number of rotatable bonds is 3. The topological polar surface area (TPSA) is 130 Å². The first-order valence-electron chi connectivity index (χ1n) is 5.43. The number of hydrogen-bond donors (Lipinski definition) is 2. The second-order valence-electron chi connectivity index (χ2n) is 4.32. The monoisotopic (exact) mass is 319 g/mol. The van der Waals surface area contributed by atoms with Crippen LogP contribution in [0.3, 0.4) is 0 Å². The molecule has 2 aliphatic heterocycles. The zero-order valence-corrected chi connectivity index (χ0v) is 11.4. The Kier molecular flexibility index (Phi) is 2.76. The molecule has 3 amide bonds. The van der Waals surface area contributed by atoms with Crippen LogP contribution in [0, 0.1) is 0 Å². The van der Waals surface area contributed by atoms with E-state index in [4.69, 9.17) is 10.3 Å². The first-order chi connectivity index (χ1) is 9.29. The third kappa shape index (κ3) is 1.86. The largest absolute Gasteiger partial charge is 0.418 e. The zero-order valence-electron chi connectivity index (χ0n) is 9.79. The molecule has 108 valence electrons. The molecule has 1 saturated heterocycles. The fourth-order valence-corrected chi connectivity index (χ4v) is 3.92. The third-order valence-corrected chi connectivity index (χ3v) is 4.51. The van der Waals surface area contributed by atoms with Crippen molar-refractivity contribution in [2.45, 2.75) is 12.1 Å². The summed E-state index contributed by atoms with van der Waals surface area (Å²) in [5.74, 6) is -0.714. The van der Waals surface area contributed by atoms with Gasteiger partial charge in [0.1, 0.15) is 12.1 Å². The van der Waals surface area contributed by atoms with Crippen molar-refractivity contribution in [1.29, 1.82) is 0 Å². The van der Waals surface area contributed by atoms with Gasteiger partial charge in [-0.05, 0) is 17.0 Å². The number of nitrogens with zero attached hydrogens (tertiary/aromatic N) is 2. The molecule has 0 aliphatic carbocycles. The van der Waals surface area contributed by atoms with Gasteiger partial charge in [0.2, 0.25) is 5.91 Å². The van der Waals surface area contributed by atoms with Gasteiger partial charge >= 0.3 is 16.4 Å². The predicted octanol–water partition coefficient (Wildman–Crippen LogP) is -0.199. The highest BCUT2D eigenvalue weighted by atomic mass is 32.3. The van der Waals surface area contributed by atoms with Crippen LogP contribution in [-0.4, -0.2) is 41.4 Å². The number of thiophene rings is 1. The molecule has 0 saturated carbocycles. The molecule has 3 N–H and O–H groups in total. The van der Waals surface area contributed by atoms with Gasteiger partial charge in [-0.1, -0.05) is 0 Å². The van der Waals surface area contributed by atoms with E-state index in [1.54, 1.807) is 11.4 Å². The van der Waals surface area contributed by atoms with Crippen LogP contribution >= 0.6 is 11.3 Å². The minimum absolute atomic E-state index is 0.0612. The molecular formula is C9H9N3O6S2. The molecular weight excluding hydrogens is 310 g/mol. The number of primary amides is 1. The Hall–Kier alpha value is -1.69. The van der Waals surface area contributed by atoms with Gasteiger partial charge < -0.3 is 10.6 Å². The van der Waals surface area contributed by atoms with Crippen LogP contribution in [-0.2, 0) is 19.5 Å². The summed E-state index contributed by atoms with van der Waals surface area (Å²) in [5.41, 5.74) is 5.90. The minimum Gasteiger partial charge on any atom is -0.368 e. The molecule has 11 heteroatoms. The maximum absolute atomic E-state index is 12.1. The number of hydrogen-bond acceptors (Lipinski definition) is 6. The lowest BCUT2D eigenvalue weighted by molar-refractivity contribution is -0.122. The molecule has 3 rings (SSSR count). The van der Waals surface area contributed by atoms with Crippen LogP contribution in [0.5, 0.6) is 0 Å². The summed E-state index contributed by atoms with van der Waals surface area (Å²) in [5, 5.41) is 2.25. The van der Waals surface area contributed by atoms with Gasteiger partial charge in [0.25, 0.3) is 0 Å². The SMILES string of the molecule is NC(=O)C1c2sccc2C2CN1C(=O)N2OS(=O)(=O)O. The molecule has 2 atom stereocenters. The molecule has 9 nitrogen and oxygen atoms in total. The minimum atomic E-state index is -4.84. The third-order valence-electron chi connectivity index (χ3n) is 3.18. The lowest BCUT2D eigenvalue weighted by Gasteiger charge is -2.27. The first kappa shape index (κ1) is 13.3. The Bertz CT molecular complexity index is 698. The van der Waals surface area contributed by atoms with Crippen molar-refractivity contribution in [2.24, 2.45) is 5.73 Å². The van der Waals surface area contributed by atoms with Crippen molar-refractivity contribution in [3.05, 3.63) is 21.9 Å². The van der Waals surface area contributed by atoms with Gasteiger partial charge in [0, 0.05) is 4.88 Å². The Morgan fingerprint density at radius 3 is 2.85 bits per heavy atom. The summed E-state index contributed by atoms with van der Waals surface area (Å²) in [4.78, 5) is 25.3. The molecule has 1 fully saturated rings. The maximum Gasteiger partial charge on any atom is 0.418 e. The van der Waals surface area contributed by atoms with Crippen LogP contribution in [0.4, 0.5) is 4.79 Å². The van der Waals surface area contributed by atoms with Gasteiger partial charge in [0.15, 0.2) is 0 Å². The van der Waals surface area contributed by atoms with Crippen LogP contribution in [0.25, 0.3) is 0 Å². The summed E-state index contributed by atoms with van der Waals surface area (Å²) in [6.07, 6.45) is 0. The summed E-state index contributed by atoms with van der Waals surface area (Å²) < 4.78 is 34.7. The lowest BCUT2D eigenvalue weighted by Crippen LogP contribution is -2.41. The van der Waals surface area contributed by atoms with E-state index in [1.807, 2.05) is 0 Å². The molecule has 2 unspecified atom stereocenters. The highest BCUT2D eigenvalue weighted by molar-refractivity contribution is 7.80. The Labute approximate surface area is 117 Å².